The molecule has 4 aromatic rings. The van der Waals surface area contributed by atoms with Crippen LogP contribution in [0.25, 0.3) is 5.52 Å². The minimum atomic E-state index is -0.420. The van der Waals surface area contributed by atoms with E-state index in [0.29, 0.717) is 22.3 Å². The van der Waals surface area contributed by atoms with Gasteiger partial charge in [-0.25, -0.2) is 0 Å². The monoisotopic (exact) mass is 366 g/mol. The molecule has 2 aromatic carbocycles. The zero-order valence-electron chi connectivity index (χ0n) is 14.7. The van der Waals surface area contributed by atoms with Crippen molar-refractivity contribution in [2.45, 2.75) is 0 Å². The summed E-state index contributed by atoms with van der Waals surface area (Å²) in [5.74, 6) is -0.992. The quantitative estimate of drug-likeness (QED) is 0.514. The first kappa shape index (κ1) is 16.2. The number of hydrogen-bond acceptors (Lipinski definition) is 3. The number of carbonyl (C=O) groups excluding carboxylic acids is 3. The van der Waals surface area contributed by atoms with Crippen molar-refractivity contribution >= 4 is 28.7 Å². The van der Waals surface area contributed by atoms with Gasteiger partial charge in [0.05, 0.1) is 16.6 Å². The van der Waals surface area contributed by atoms with Crippen molar-refractivity contribution in [3.05, 3.63) is 107 Å². The second-order valence-corrected chi connectivity index (χ2v) is 6.58. The van der Waals surface area contributed by atoms with Crippen molar-refractivity contribution in [2.75, 3.05) is 5.32 Å². The predicted octanol–water partition coefficient (Wildman–Crippen LogP) is 3.97. The van der Waals surface area contributed by atoms with E-state index in [0.717, 1.165) is 0 Å². The third-order valence-corrected chi connectivity index (χ3v) is 4.96. The lowest BCUT2D eigenvalue weighted by Gasteiger charge is -2.15. The average Bonchev–Trinajstić information content (AvgIpc) is 3.08. The van der Waals surface area contributed by atoms with Crippen LogP contribution in [0.4, 0.5) is 5.69 Å². The molecule has 1 aliphatic carbocycles. The van der Waals surface area contributed by atoms with Gasteiger partial charge in [0, 0.05) is 23.0 Å². The Kier molecular flexibility index (Phi) is 3.49. The van der Waals surface area contributed by atoms with E-state index >= 15 is 0 Å². The van der Waals surface area contributed by atoms with Crippen LogP contribution in [0.1, 0.15) is 42.3 Å². The van der Waals surface area contributed by atoms with Gasteiger partial charge in [-0.05, 0) is 24.3 Å². The molecule has 5 rings (SSSR count). The Labute approximate surface area is 160 Å². The largest absolute Gasteiger partial charge is 0.322 e. The second kappa shape index (κ2) is 6.03. The Morgan fingerprint density at radius 2 is 1.39 bits per heavy atom. The molecule has 0 fully saturated rings. The molecule has 0 bridgehead atoms. The lowest BCUT2D eigenvalue weighted by atomic mass is 9.86. The van der Waals surface area contributed by atoms with Gasteiger partial charge in [0.2, 0.25) is 5.78 Å². The molecule has 5 heteroatoms. The highest BCUT2D eigenvalue weighted by Gasteiger charge is 2.37. The average molecular weight is 366 g/mol. The Hall–Kier alpha value is -3.99. The van der Waals surface area contributed by atoms with E-state index in [1.807, 2.05) is 18.2 Å². The van der Waals surface area contributed by atoms with E-state index in [9.17, 15) is 14.4 Å². The number of anilines is 1. The first-order chi connectivity index (χ1) is 13.7. The molecule has 1 N–H and O–H groups in total. The van der Waals surface area contributed by atoms with E-state index in [1.165, 1.54) is 0 Å². The SMILES string of the molecule is O=C1c2ccccc2C(=O)c2c1c(C(=O)Nc1ccccc1)c1ccccn21. The highest BCUT2D eigenvalue weighted by Crippen LogP contribution is 2.34. The highest BCUT2D eigenvalue weighted by molar-refractivity contribution is 6.32. The summed E-state index contributed by atoms with van der Waals surface area (Å²) in [5.41, 5.74) is 2.43. The summed E-state index contributed by atoms with van der Waals surface area (Å²) in [6.45, 7) is 0. The number of nitrogens with zero attached hydrogens (tertiary/aromatic N) is 1. The number of nitrogens with one attached hydrogen (secondary N) is 1. The standard InChI is InChI=1S/C23H14N2O3/c26-21-15-10-4-5-11-16(15)22(27)20-19(21)18(17-12-6-7-13-25(17)20)23(28)24-14-8-2-1-3-9-14/h1-13H,(H,24,28). The van der Waals surface area contributed by atoms with Crippen molar-refractivity contribution in [2.24, 2.45) is 0 Å². The van der Waals surface area contributed by atoms with Gasteiger partial charge in [0.25, 0.3) is 5.91 Å². The molecule has 1 amide bonds. The summed E-state index contributed by atoms with van der Waals surface area (Å²) < 4.78 is 1.63. The summed E-state index contributed by atoms with van der Waals surface area (Å²) in [5, 5.41) is 2.83. The molecule has 0 saturated heterocycles. The van der Waals surface area contributed by atoms with Gasteiger partial charge in [-0.2, -0.15) is 0 Å². The van der Waals surface area contributed by atoms with Crippen LogP contribution in [-0.2, 0) is 0 Å². The fourth-order valence-corrected chi connectivity index (χ4v) is 3.74. The lowest BCUT2D eigenvalue weighted by Crippen LogP contribution is -2.23. The van der Waals surface area contributed by atoms with Gasteiger partial charge in [0.1, 0.15) is 5.69 Å². The van der Waals surface area contributed by atoms with Gasteiger partial charge < -0.3 is 9.72 Å². The van der Waals surface area contributed by atoms with Crippen molar-refractivity contribution in [3.63, 3.8) is 0 Å². The molecular formula is C23H14N2O3. The Morgan fingerprint density at radius 3 is 2.14 bits per heavy atom. The number of aromatic nitrogens is 1. The number of fused-ring (bicyclic) bond motifs is 4. The van der Waals surface area contributed by atoms with Crippen LogP contribution in [0.2, 0.25) is 0 Å². The van der Waals surface area contributed by atoms with Gasteiger partial charge in [-0.3, -0.25) is 14.4 Å². The molecule has 0 atom stereocenters. The molecule has 5 nitrogen and oxygen atoms in total. The fraction of sp³-hybridized carbons (Fsp3) is 0. The van der Waals surface area contributed by atoms with Crippen molar-refractivity contribution in [3.8, 4) is 0 Å². The Morgan fingerprint density at radius 1 is 0.750 bits per heavy atom. The molecule has 0 saturated carbocycles. The molecular weight excluding hydrogens is 352 g/mol. The van der Waals surface area contributed by atoms with E-state index < -0.39 is 5.91 Å². The molecule has 0 unspecified atom stereocenters. The number of carbonyl (C=O) groups is 3. The summed E-state index contributed by atoms with van der Waals surface area (Å²) in [4.78, 5) is 39.5. The maximum absolute atomic E-state index is 13.3. The molecule has 2 heterocycles. The number of ketones is 2. The lowest BCUT2D eigenvalue weighted by molar-refractivity contribution is 0.0969. The van der Waals surface area contributed by atoms with E-state index in [1.54, 1.807) is 65.2 Å². The smallest absolute Gasteiger partial charge is 0.258 e. The van der Waals surface area contributed by atoms with Crippen LogP contribution >= 0.6 is 0 Å². The van der Waals surface area contributed by atoms with Gasteiger partial charge in [0.15, 0.2) is 5.78 Å². The minimum absolute atomic E-state index is 0.156. The Balaban J connectivity index is 1.76. The van der Waals surface area contributed by atoms with Crippen LogP contribution in [0.15, 0.2) is 79.0 Å². The zero-order valence-corrected chi connectivity index (χ0v) is 14.7. The summed E-state index contributed by atoms with van der Waals surface area (Å²) in [6, 6.07) is 21.0. The number of amides is 1. The van der Waals surface area contributed by atoms with Gasteiger partial charge in [-0.1, -0.05) is 48.5 Å². The van der Waals surface area contributed by atoms with Crippen molar-refractivity contribution in [1.29, 1.82) is 0 Å². The third kappa shape index (κ3) is 2.23. The third-order valence-electron chi connectivity index (χ3n) is 4.96. The van der Waals surface area contributed by atoms with Crippen LogP contribution < -0.4 is 5.32 Å². The van der Waals surface area contributed by atoms with Gasteiger partial charge >= 0.3 is 0 Å². The minimum Gasteiger partial charge on any atom is -0.322 e. The summed E-state index contributed by atoms with van der Waals surface area (Å²) in [7, 11) is 0. The number of pyridine rings is 1. The van der Waals surface area contributed by atoms with Gasteiger partial charge in [-0.15, -0.1) is 0 Å². The maximum Gasteiger partial charge on any atom is 0.258 e. The molecule has 2 aromatic heterocycles. The van der Waals surface area contributed by atoms with Crippen molar-refractivity contribution < 1.29 is 14.4 Å². The maximum atomic E-state index is 13.3. The Bertz CT molecular complexity index is 1290. The molecule has 134 valence electrons. The van der Waals surface area contributed by atoms with Crippen LogP contribution in [0, 0.1) is 0 Å². The zero-order chi connectivity index (χ0) is 19.3. The van der Waals surface area contributed by atoms with E-state index in [4.69, 9.17) is 0 Å². The summed E-state index contributed by atoms with van der Waals surface area (Å²) >= 11 is 0. The second-order valence-electron chi connectivity index (χ2n) is 6.58. The van der Waals surface area contributed by atoms with Crippen LogP contribution in [0.5, 0.6) is 0 Å². The molecule has 0 spiro atoms. The molecule has 1 aliphatic rings. The van der Waals surface area contributed by atoms with Crippen LogP contribution in [0.3, 0.4) is 0 Å². The number of para-hydroxylation sites is 1. The number of benzene rings is 2. The van der Waals surface area contributed by atoms with Crippen molar-refractivity contribution in [1.82, 2.24) is 4.40 Å². The summed E-state index contributed by atoms with van der Waals surface area (Å²) in [6.07, 6.45) is 1.70. The number of hydrogen-bond donors (Lipinski definition) is 1. The molecule has 28 heavy (non-hydrogen) atoms. The molecule has 0 aliphatic heterocycles. The highest BCUT2D eigenvalue weighted by atomic mass is 16.2. The fourth-order valence-electron chi connectivity index (χ4n) is 3.74. The van der Waals surface area contributed by atoms with Crippen LogP contribution in [-0.4, -0.2) is 21.9 Å². The van der Waals surface area contributed by atoms with E-state index in [2.05, 4.69) is 5.32 Å². The normalized spacial score (nSPS) is 12.6. The molecule has 0 radical (unpaired) electrons. The van der Waals surface area contributed by atoms with E-state index in [-0.39, 0.29) is 28.4 Å². The number of rotatable bonds is 2. The topological polar surface area (TPSA) is 67.7 Å². The first-order valence-electron chi connectivity index (χ1n) is 8.84. The first-order valence-corrected chi connectivity index (χ1v) is 8.84. The predicted molar refractivity (Wildman–Crippen MR) is 105 cm³/mol.